The lowest BCUT2D eigenvalue weighted by atomic mass is 9.97. The summed E-state index contributed by atoms with van der Waals surface area (Å²) in [6, 6.07) is 11.6. The van der Waals surface area contributed by atoms with Gasteiger partial charge in [0.1, 0.15) is 5.82 Å². The first kappa shape index (κ1) is 14.3. The number of benzene rings is 2. The van der Waals surface area contributed by atoms with Gasteiger partial charge in [-0.2, -0.15) is 0 Å². The van der Waals surface area contributed by atoms with Crippen molar-refractivity contribution in [3.8, 4) is 11.1 Å². The second-order valence-corrected chi connectivity index (χ2v) is 4.80. The van der Waals surface area contributed by atoms with Crippen molar-refractivity contribution in [3.05, 3.63) is 59.4 Å². The van der Waals surface area contributed by atoms with E-state index in [0.717, 1.165) is 30.9 Å². The van der Waals surface area contributed by atoms with E-state index in [4.69, 9.17) is 5.11 Å². The number of hydrogen-bond acceptors (Lipinski definition) is 1. The quantitative estimate of drug-likeness (QED) is 0.868. The summed E-state index contributed by atoms with van der Waals surface area (Å²) >= 11 is 0. The summed E-state index contributed by atoms with van der Waals surface area (Å²) in [7, 11) is 0. The molecule has 0 aliphatic heterocycles. The molecule has 2 aromatic carbocycles. The highest BCUT2D eigenvalue weighted by Crippen LogP contribution is 2.25. The van der Waals surface area contributed by atoms with Gasteiger partial charge in [-0.25, -0.2) is 9.18 Å². The van der Waals surface area contributed by atoms with Crippen LogP contribution in [0.3, 0.4) is 0 Å². The van der Waals surface area contributed by atoms with E-state index in [1.165, 1.54) is 17.7 Å². The maximum Gasteiger partial charge on any atom is 0.336 e. The Kier molecular flexibility index (Phi) is 4.51. The molecule has 3 heteroatoms. The number of halogens is 1. The zero-order chi connectivity index (χ0) is 14.5. The molecule has 0 aromatic heterocycles. The van der Waals surface area contributed by atoms with Crippen LogP contribution in [-0.4, -0.2) is 11.1 Å². The van der Waals surface area contributed by atoms with Crippen molar-refractivity contribution in [2.24, 2.45) is 0 Å². The molecule has 0 bridgehead atoms. The lowest BCUT2D eigenvalue weighted by molar-refractivity contribution is 0.0697. The van der Waals surface area contributed by atoms with E-state index in [9.17, 15) is 9.18 Å². The molecule has 2 nitrogen and oxygen atoms in total. The van der Waals surface area contributed by atoms with E-state index in [2.05, 4.69) is 6.92 Å². The van der Waals surface area contributed by atoms with Crippen molar-refractivity contribution in [3.63, 3.8) is 0 Å². The first-order chi connectivity index (χ1) is 9.61. The number of aryl methyl sites for hydroxylation is 1. The molecule has 0 atom stereocenters. The predicted molar refractivity (Wildman–Crippen MR) is 77.4 cm³/mol. The van der Waals surface area contributed by atoms with Crippen LogP contribution in [0.15, 0.2) is 42.5 Å². The number of carbonyl (C=O) groups is 1. The molecule has 2 rings (SSSR count). The number of unbranched alkanes of at least 4 members (excludes halogenated alkanes) is 1. The Balaban J connectivity index is 2.34. The second kappa shape index (κ2) is 6.33. The van der Waals surface area contributed by atoms with Gasteiger partial charge < -0.3 is 5.11 Å². The van der Waals surface area contributed by atoms with Gasteiger partial charge in [-0.15, -0.1) is 0 Å². The van der Waals surface area contributed by atoms with Crippen LogP contribution < -0.4 is 0 Å². The minimum atomic E-state index is -1.12. The Hall–Kier alpha value is -2.16. The Bertz CT molecular complexity index is 603. The Morgan fingerprint density at radius 2 is 1.85 bits per heavy atom. The van der Waals surface area contributed by atoms with Gasteiger partial charge in [0.25, 0.3) is 0 Å². The lowest BCUT2D eigenvalue weighted by Gasteiger charge is -2.08. The SMILES string of the molecule is CCCCc1ccc(-c2ccc(F)cc2C(=O)O)cc1. The molecule has 20 heavy (non-hydrogen) atoms. The molecule has 0 heterocycles. The van der Waals surface area contributed by atoms with Gasteiger partial charge in [0.05, 0.1) is 5.56 Å². The molecule has 0 spiro atoms. The normalized spacial score (nSPS) is 10.5. The van der Waals surface area contributed by atoms with Gasteiger partial charge in [-0.05, 0) is 41.7 Å². The van der Waals surface area contributed by atoms with Crippen LogP contribution in [-0.2, 0) is 6.42 Å². The molecule has 0 aliphatic rings. The Morgan fingerprint density at radius 3 is 2.45 bits per heavy atom. The highest BCUT2D eigenvalue weighted by atomic mass is 19.1. The summed E-state index contributed by atoms with van der Waals surface area (Å²) in [4.78, 5) is 11.2. The summed E-state index contributed by atoms with van der Waals surface area (Å²) < 4.78 is 13.2. The van der Waals surface area contributed by atoms with Crippen molar-refractivity contribution in [1.82, 2.24) is 0 Å². The zero-order valence-electron chi connectivity index (χ0n) is 11.4. The number of hydrogen-bond donors (Lipinski definition) is 1. The summed E-state index contributed by atoms with van der Waals surface area (Å²) in [6.45, 7) is 2.14. The summed E-state index contributed by atoms with van der Waals surface area (Å²) in [5.41, 5.74) is 2.56. The molecule has 0 aliphatic carbocycles. The number of carboxylic acid groups (broad SMARTS) is 1. The second-order valence-electron chi connectivity index (χ2n) is 4.80. The fraction of sp³-hybridized carbons (Fsp3) is 0.235. The average molecular weight is 272 g/mol. The van der Waals surface area contributed by atoms with Crippen molar-refractivity contribution in [2.75, 3.05) is 0 Å². The average Bonchev–Trinajstić information content (AvgIpc) is 2.45. The summed E-state index contributed by atoms with van der Waals surface area (Å²) in [6.07, 6.45) is 3.30. The maximum absolute atomic E-state index is 13.2. The third-order valence-electron chi connectivity index (χ3n) is 3.30. The highest BCUT2D eigenvalue weighted by Gasteiger charge is 2.12. The summed E-state index contributed by atoms with van der Waals surface area (Å²) in [5, 5.41) is 9.16. The van der Waals surface area contributed by atoms with Crippen LogP contribution in [0.25, 0.3) is 11.1 Å². The first-order valence-electron chi connectivity index (χ1n) is 6.74. The Morgan fingerprint density at radius 1 is 1.15 bits per heavy atom. The van der Waals surface area contributed by atoms with Crippen LogP contribution in [0.1, 0.15) is 35.7 Å². The van der Waals surface area contributed by atoms with E-state index in [0.29, 0.717) is 5.56 Å². The van der Waals surface area contributed by atoms with Crippen LogP contribution in [0.5, 0.6) is 0 Å². The molecule has 0 saturated heterocycles. The fourth-order valence-electron chi connectivity index (χ4n) is 2.18. The third-order valence-corrected chi connectivity index (χ3v) is 3.30. The molecule has 0 fully saturated rings. The third kappa shape index (κ3) is 3.23. The van der Waals surface area contributed by atoms with Crippen LogP contribution >= 0.6 is 0 Å². The topological polar surface area (TPSA) is 37.3 Å². The molecule has 1 N–H and O–H groups in total. The smallest absolute Gasteiger partial charge is 0.336 e. The van der Waals surface area contributed by atoms with Crippen molar-refractivity contribution in [1.29, 1.82) is 0 Å². The molecular weight excluding hydrogens is 255 g/mol. The van der Waals surface area contributed by atoms with Crippen molar-refractivity contribution >= 4 is 5.97 Å². The number of rotatable bonds is 5. The van der Waals surface area contributed by atoms with Gasteiger partial charge in [0.15, 0.2) is 0 Å². The minimum absolute atomic E-state index is 0.00805. The fourth-order valence-corrected chi connectivity index (χ4v) is 2.18. The molecular formula is C17H17FO2. The van der Waals surface area contributed by atoms with Crippen molar-refractivity contribution < 1.29 is 14.3 Å². The van der Waals surface area contributed by atoms with Gasteiger partial charge >= 0.3 is 5.97 Å². The van der Waals surface area contributed by atoms with Gasteiger partial charge in [0.2, 0.25) is 0 Å². The van der Waals surface area contributed by atoms with Crippen LogP contribution in [0.4, 0.5) is 4.39 Å². The van der Waals surface area contributed by atoms with Crippen molar-refractivity contribution in [2.45, 2.75) is 26.2 Å². The first-order valence-corrected chi connectivity index (χ1v) is 6.74. The Labute approximate surface area is 117 Å². The van der Waals surface area contributed by atoms with E-state index < -0.39 is 11.8 Å². The summed E-state index contributed by atoms with van der Waals surface area (Å²) in [5.74, 6) is -1.65. The molecule has 0 saturated carbocycles. The maximum atomic E-state index is 13.2. The standard InChI is InChI=1S/C17H17FO2/c1-2-3-4-12-5-7-13(8-6-12)15-10-9-14(18)11-16(15)17(19)20/h5-11H,2-4H2,1H3,(H,19,20). The zero-order valence-corrected chi connectivity index (χ0v) is 11.4. The van der Waals surface area contributed by atoms with Gasteiger partial charge in [-0.3, -0.25) is 0 Å². The predicted octanol–water partition coefficient (Wildman–Crippen LogP) is 4.53. The van der Waals surface area contributed by atoms with Crippen LogP contribution in [0, 0.1) is 5.82 Å². The van der Waals surface area contributed by atoms with E-state index in [1.807, 2.05) is 24.3 Å². The molecule has 0 radical (unpaired) electrons. The van der Waals surface area contributed by atoms with Crippen LogP contribution in [0.2, 0.25) is 0 Å². The van der Waals surface area contributed by atoms with E-state index >= 15 is 0 Å². The minimum Gasteiger partial charge on any atom is -0.478 e. The largest absolute Gasteiger partial charge is 0.478 e. The molecule has 0 unspecified atom stereocenters. The van der Waals surface area contributed by atoms with E-state index in [-0.39, 0.29) is 5.56 Å². The number of carboxylic acids is 1. The van der Waals surface area contributed by atoms with Gasteiger partial charge in [-0.1, -0.05) is 43.7 Å². The highest BCUT2D eigenvalue weighted by molar-refractivity contribution is 5.96. The van der Waals surface area contributed by atoms with E-state index in [1.54, 1.807) is 0 Å². The monoisotopic (exact) mass is 272 g/mol. The van der Waals surface area contributed by atoms with Gasteiger partial charge in [0, 0.05) is 0 Å². The molecule has 104 valence electrons. The molecule has 0 amide bonds. The molecule has 2 aromatic rings. The lowest BCUT2D eigenvalue weighted by Crippen LogP contribution is -2.00. The number of aromatic carboxylic acids is 1.